The number of oxime groups is 1. The molecule has 0 aromatic carbocycles. The second-order valence-electron chi connectivity index (χ2n) is 5.73. The zero-order valence-corrected chi connectivity index (χ0v) is 18.8. The number of nitrogens with two attached hydrogens (primary N) is 1. The number of aliphatic carboxylic acids is 1. The van der Waals surface area contributed by atoms with E-state index in [4.69, 9.17) is 10.8 Å². The molecule has 1 aromatic rings. The maximum atomic E-state index is 12.6. The number of aliphatic hydroxyl groups excluding tert-OH is 1. The summed E-state index contributed by atoms with van der Waals surface area (Å²) in [5, 5.41) is 34.2. The average molecular weight is 536 g/mol. The second kappa shape index (κ2) is 9.38. The first kappa shape index (κ1) is 22.6. The summed E-state index contributed by atoms with van der Waals surface area (Å²) in [5.74, 6) is -2.42. The van der Waals surface area contributed by atoms with E-state index in [-0.39, 0.29) is 23.1 Å². The number of carboxylic acids is 1. The standard InChI is InChI=1S/C15H14BrN5O6S3/c16-10-6(19-15(17)30-10)7(20-27)11(23)18-8-12(24)21-9(14(25)26)5(4-29-13(8)21)28-3-1-2-22/h1,3,8,13,22,27H,2,4H2,(H2,17,19)(H,18,23)(H,25,26)/b3-1-,20-7-/t8?,13-/m1/s1. The van der Waals surface area contributed by atoms with E-state index in [1.165, 1.54) is 17.8 Å². The van der Waals surface area contributed by atoms with Gasteiger partial charge in [0, 0.05) is 10.7 Å². The quantitative estimate of drug-likeness (QED) is 0.143. The van der Waals surface area contributed by atoms with Gasteiger partial charge in [-0.3, -0.25) is 14.5 Å². The summed E-state index contributed by atoms with van der Waals surface area (Å²) in [7, 11) is 0. The van der Waals surface area contributed by atoms with Gasteiger partial charge in [0.2, 0.25) is 0 Å². The van der Waals surface area contributed by atoms with Crippen molar-refractivity contribution in [2.45, 2.75) is 11.4 Å². The van der Waals surface area contributed by atoms with E-state index in [0.29, 0.717) is 14.4 Å². The first-order chi connectivity index (χ1) is 14.3. The van der Waals surface area contributed by atoms with Crippen molar-refractivity contribution in [3.05, 3.63) is 31.6 Å². The lowest BCUT2D eigenvalue weighted by molar-refractivity contribution is -0.150. The number of halogens is 1. The van der Waals surface area contributed by atoms with E-state index >= 15 is 0 Å². The highest BCUT2D eigenvalue weighted by Crippen LogP contribution is 2.43. The van der Waals surface area contributed by atoms with E-state index in [9.17, 15) is 24.7 Å². The molecular formula is C15H14BrN5O6S3. The number of nitrogen functional groups attached to an aromatic ring is 1. The van der Waals surface area contributed by atoms with Crippen LogP contribution >= 0.6 is 50.8 Å². The van der Waals surface area contributed by atoms with Gasteiger partial charge in [0.05, 0.1) is 6.61 Å². The maximum Gasteiger partial charge on any atom is 0.353 e. The number of nitrogens with zero attached hydrogens (tertiary/aromatic N) is 3. The van der Waals surface area contributed by atoms with E-state index in [0.717, 1.165) is 28.0 Å². The van der Waals surface area contributed by atoms with Gasteiger partial charge < -0.3 is 26.5 Å². The Hall–Kier alpha value is -2.07. The summed E-state index contributed by atoms with van der Waals surface area (Å²) in [6, 6.07) is -0.997. The molecule has 0 saturated carbocycles. The number of aliphatic hydroxyl groups is 1. The van der Waals surface area contributed by atoms with Crippen LogP contribution in [-0.4, -0.2) is 72.6 Å². The molecule has 0 aliphatic carbocycles. The van der Waals surface area contributed by atoms with Crippen molar-refractivity contribution in [1.29, 1.82) is 0 Å². The smallest absolute Gasteiger partial charge is 0.353 e. The Labute approximate surface area is 190 Å². The minimum atomic E-state index is -1.27. The molecule has 15 heteroatoms. The fraction of sp³-hybridized carbons (Fsp3) is 0.267. The van der Waals surface area contributed by atoms with Crippen LogP contribution in [-0.2, 0) is 14.4 Å². The molecule has 1 aromatic heterocycles. The molecule has 2 aliphatic rings. The molecule has 30 heavy (non-hydrogen) atoms. The highest BCUT2D eigenvalue weighted by Gasteiger charge is 2.54. The number of carbonyl (C=O) groups excluding carboxylic acids is 2. The topological polar surface area (TPSA) is 178 Å². The lowest BCUT2D eigenvalue weighted by atomic mass is 10.0. The van der Waals surface area contributed by atoms with E-state index in [1.54, 1.807) is 5.41 Å². The summed E-state index contributed by atoms with van der Waals surface area (Å²) < 4.78 is 0.380. The third kappa shape index (κ3) is 4.20. The summed E-state index contributed by atoms with van der Waals surface area (Å²) in [6.45, 7) is -0.190. The number of thiazole rings is 1. The molecule has 11 nitrogen and oxygen atoms in total. The second-order valence-corrected chi connectivity index (χ2v) is 10.2. The molecule has 2 aliphatic heterocycles. The largest absolute Gasteiger partial charge is 0.477 e. The van der Waals surface area contributed by atoms with Gasteiger partial charge in [0.25, 0.3) is 11.8 Å². The van der Waals surface area contributed by atoms with Crippen LogP contribution in [0.25, 0.3) is 0 Å². The predicted octanol–water partition coefficient (Wildman–Crippen LogP) is 0.601. The highest BCUT2D eigenvalue weighted by atomic mass is 79.9. The van der Waals surface area contributed by atoms with Gasteiger partial charge in [-0.1, -0.05) is 34.3 Å². The number of hydrogen-bond acceptors (Lipinski definition) is 11. The van der Waals surface area contributed by atoms with Gasteiger partial charge >= 0.3 is 5.97 Å². The SMILES string of the molecule is Nc1nc(/C(=N/O)C(=O)NC2C(=O)N3C(C(=O)O)=C(S/C=C\CO)CS[C@H]23)c(Br)s1. The third-order valence-electron chi connectivity index (χ3n) is 3.98. The number of rotatable bonds is 7. The zero-order chi connectivity index (χ0) is 22.0. The number of hydrogen-bond donors (Lipinski definition) is 5. The van der Waals surface area contributed by atoms with Gasteiger partial charge in [-0.2, -0.15) is 0 Å². The van der Waals surface area contributed by atoms with Gasteiger partial charge in [0.15, 0.2) is 10.8 Å². The number of anilines is 1. The fourth-order valence-electron chi connectivity index (χ4n) is 2.73. The predicted molar refractivity (Wildman–Crippen MR) is 116 cm³/mol. The number of nitrogens with one attached hydrogen (secondary N) is 1. The molecular weight excluding hydrogens is 522 g/mol. The normalized spacial score (nSPS) is 21.6. The molecule has 0 spiro atoms. The molecule has 0 bridgehead atoms. The van der Waals surface area contributed by atoms with Crippen LogP contribution in [0, 0.1) is 0 Å². The van der Waals surface area contributed by atoms with Gasteiger partial charge in [-0.25, -0.2) is 9.78 Å². The van der Waals surface area contributed by atoms with Gasteiger partial charge in [-0.05, 0) is 21.3 Å². The minimum Gasteiger partial charge on any atom is -0.477 e. The van der Waals surface area contributed by atoms with Gasteiger partial charge in [0.1, 0.15) is 26.6 Å². The molecule has 2 atom stereocenters. The molecule has 1 unspecified atom stereocenters. The van der Waals surface area contributed by atoms with E-state index in [1.807, 2.05) is 0 Å². The number of amides is 2. The monoisotopic (exact) mass is 535 g/mol. The number of carboxylic acid groups (broad SMARTS) is 1. The average Bonchev–Trinajstić information content (AvgIpc) is 3.03. The molecule has 1 saturated heterocycles. The van der Waals surface area contributed by atoms with Crippen molar-refractivity contribution >= 4 is 79.4 Å². The maximum absolute atomic E-state index is 12.6. The molecule has 0 radical (unpaired) electrons. The molecule has 1 fully saturated rings. The van der Waals surface area contributed by atoms with E-state index in [2.05, 4.69) is 31.4 Å². The van der Waals surface area contributed by atoms with Crippen LogP contribution in [0.5, 0.6) is 0 Å². The van der Waals surface area contributed by atoms with Crippen LogP contribution in [0.15, 0.2) is 31.0 Å². The van der Waals surface area contributed by atoms with E-state index < -0.39 is 34.9 Å². The van der Waals surface area contributed by atoms with Crippen molar-refractivity contribution in [3.63, 3.8) is 0 Å². The highest BCUT2D eigenvalue weighted by molar-refractivity contribution is 9.11. The van der Waals surface area contributed by atoms with Crippen molar-refractivity contribution in [2.75, 3.05) is 18.1 Å². The first-order valence-electron chi connectivity index (χ1n) is 8.08. The van der Waals surface area contributed by atoms with Crippen LogP contribution in [0.4, 0.5) is 5.13 Å². The van der Waals surface area contributed by atoms with Crippen LogP contribution in [0.1, 0.15) is 5.69 Å². The number of carbonyl (C=O) groups is 3. The molecule has 160 valence electrons. The summed E-state index contributed by atoms with van der Waals surface area (Å²) >= 11 is 6.60. The lowest BCUT2D eigenvalue weighted by Crippen LogP contribution is -2.71. The Bertz CT molecular complexity index is 993. The van der Waals surface area contributed by atoms with Crippen molar-refractivity contribution < 1.29 is 29.8 Å². The fourth-order valence-corrected chi connectivity index (χ4v) is 6.38. The number of β-lactam (4-membered cyclic amide) rings is 1. The van der Waals surface area contributed by atoms with Crippen LogP contribution in [0.2, 0.25) is 0 Å². The minimum absolute atomic E-state index is 0.0258. The van der Waals surface area contributed by atoms with Crippen LogP contribution < -0.4 is 11.1 Å². The Morgan fingerprint density at radius 1 is 1.50 bits per heavy atom. The summed E-state index contributed by atoms with van der Waals surface area (Å²) in [5.41, 5.74) is 5.02. The van der Waals surface area contributed by atoms with Crippen molar-refractivity contribution in [1.82, 2.24) is 15.2 Å². The molecule has 6 N–H and O–H groups in total. The summed E-state index contributed by atoms with van der Waals surface area (Å²) in [6.07, 6.45) is 1.45. The number of thioether (sulfide) groups is 2. The van der Waals surface area contributed by atoms with Crippen molar-refractivity contribution in [2.24, 2.45) is 5.16 Å². The Morgan fingerprint density at radius 2 is 2.23 bits per heavy atom. The Morgan fingerprint density at radius 3 is 2.80 bits per heavy atom. The number of fused-ring (bicyclic) bond motifs is 1. The summed E-state index contributed by atoms with van der Waals surface area (Å²) in [4.78, 5) is 42.4. The number of aromatic nitrogens is 1. The molecule has 3 heterocycles. The zero-order valence-electron chi connectivity index (χ0n) is 14.8. The van der Waals surface area contributed by atoms with Crippen LogP contribution in [0.3, 0.4) is 0 Å². The molecule has 3 rings (SSSR count). The van der Waals surface area contributed by atoms with Gasteiger partial charge in [-0.15, -0.1) is 11.8 Å². The molecule has 2 amide bonds. The lowest BCUT2D eigenvalue weighted by Gasteiger charge is -2.49. The van der Waals surface area contributed by atoms with Crippen molar-refractivity contribution in [3.8, 4) is 0 Å². The first-order valence-corrected chi connectivity index (χ1v) is 11.6. The third-order valence-corrected chi connectivity index (χ3v) is 7.92. The Balaban J connectivity index is 1.78. The Kier molecular flexibility index (Phi) is 7.07.